The number of amides is 1. The smallest absolute Gasteiger partial charge is 0.269 e. The van der Waals surface area contributed by atoms with Crippen LogP contribution in [0.15, 0.2) is 77.0 Å². The van der Waals surface area contributed by atoms with Gasteiger partial charge in [0.25, 0.3) is 5.91 Å². The molecule has 0 unspecified atom stereocenters. The van der Waals surface area contributed by atoms with Gasteiger partial charge in [-0.3, -0.25) is 4.79 Å². The Bertz CT molecular complexity index is 1210. The van der Waals surface area contributed by atoms with Crippen molar-refractivity contribution in [1.29, 1.82) is 0 Å². The third-order valence-corrected chi connectivity index (χ3v) is 4.49. The van der Waals surface area contributed by atoms with Gasteiger partial charge in [0.05, 0.1) is 11.9 Å². The Labute approximate surface area is 165 Å². The second-order valence-corrected chi connectivity index (χ2v) is 6.49. The molecular formula is C22H16FN3O3. The molecular weight excluding hydrogens is 373 g/mol. The molecule has 144 valence electrons. The number of benzene rings is 3. The van der Waals surface area contributed by atoms with Gasteiger partial charge in [-0.05, 0) is 47.0 Å². The minimum absolute atomic E-state index is 0.0116. The number of phenols is 1. The largest absolute Gasteiger partial charge is 0.508 e. The molecule has 0 radical (unpaired) electrons. The second kappa shape index (κ2) is 7.55. The van der Waals surface area contributed by atoms with Crippen molar-refractivity contribution in [2.24, 2.45) is 10.2 Å². The minimum atomic E-state index is -0.497. The van der Waals surface area contributed by atoms with Gasteiger partial charge in [0.15, 0.2) is 5.69 Å². The van der Waals surface area contributed by atoms with E-state index in [4.69, 9.17) is 0 Å². The highest BCUT2D eigenvalue weighted by molar-refractivity contribution is 6.05. The Hall–Kier alpha value is -4.00. The van der Waals surface area contributed by atoms with Crippen LogP contribution in [0.25, 0.3) is 22.0 Å². The van der Waals surface area contributed by atoms with E-state index in [1.54, 1.807) is 36.4 Å². The molecule has 4 aromatic rings. The zero-order valence-corrected chi connectivity index (χ0v) is 15.1. The van der Waals surface area contributed by atoms with Crippen LogP contribution in [-0.4, -0.2) is 21.1 Å². The Balaban J connectivity index is 1.69. The van der Waals surface area contributed by atoms with Gasteiger partial charge in [-0.2, -0.15) is 0 Å². The first-order chi connectivity index (χ1) is 14.0. The van der Waals surface area contributed by atoms with Gasteiger partial charge in [-0.15, -0.1) is 10.2 Å². The number of hydrogen-bond acceptors (Lipinski definition) is 4. The molecule has 6 nitrogen and oxygen atoms in total. The van der Waals surface area contributed by atoms with Crippen molar-refractivity contribution in [3.05, 3.63) is 78.1 Å². The van der Waals surface area contributed by atoms with E-state index >= 15 is 0 Å². The molecule has 3 N–H and O–H groups in total. The lowest BCUT2D eigenvalue weighted by atomic mass is 10.0. The van der Waals surface area contributed by atoms with Crippen molar-refractivity contribution < 1.29 is 19.4 Å². The zero-order chi connectivity index (χ0) is 20.4. The van der Waals surface area contributed by atoms with E-state index in [1.165, 1.54) is 24.3 Å². The first-order valence-corrected chi connectivity index (χ1v) is 8.83. The molecule has 7 heteroatoms. The van der Waals surface area contributed by atoms with Crippen molar-refractivity contribution in [1.82, 2.24) is 4.98 Å². The molecule has 1 aromatic heterocycles. The van der Waals surface area contributed by atoms with Crippen molar-refractivity contribution in [3.63, 3.8) is 0 Å². The van der Waals surface area contributed by atoms with E-state index in [1.807, 2.05) is 6.07 Å². The number of carbonyl (C=O) groups excluding carboxylic acids is 1. The molecule has 0 aliphatic heterocycles. The summed E-state index contributed by atoms with van der Waals surface area (Å²) in [7, 11) is 0. The van der Waals surface area contributed by atoms with Crippen molar-refractivity contribution in [2.75, 3.05) is 0 Å². The minimum Gasteiger partial charge on any atom is -0.508 e. The molecule has 1 heterocycles. The maximum Gasteiger partial charge on any atom is 0.269 e. The third kappa shape index (κ3) is 3.84. The predicted molar refractivity (Wildman–Crippen MR) is 107 cm³/mol. The van der Waals surface area contributed by atoms with Crippen molar-refractivity contribution >= 4 is 22.5 Å². The van der Waals surface area contributed by atoms with Crippen molar-refractivity contribution in [2.45, 2.75) is 6.42 Å². The summed E-state index contributed by atoms with van der Waals surface area (Å²) in [5, 5.41) is 27.9. The van der Waals surface area contributed by atoms with E-state index in [0.717, 1.165) is 11.1 Å². The highest BCUT2D eigenvalue weighted by Gasteiger charge is 2.16. The van der Waals surface area contributed by atoms with Gasteiger partial charge in [-0.1, -0.05) is 36.4 Å². The van der Waals surface area contributed by atoms with E-state index in [0.29, 0.717) is 16.5 Å². The van der Waals surface area contributed by atoms with Crippen LogP contribution in [-0.2, 0) is 11.2 Å². The molecule has 3 aromatic carbocycles. The fourth-order valence-corrected chi connectivity index (χ4v) is 3.11. The van der Waals surface area contributed by atoms with Crippen LogP contribution in [0.5, 0.6) is 11.6 Å². The summed E-state index contributed by atoms with van der Waals surface area (Å²) in [6.07, 6.45) is 0.0116. The van der Waals surface area contributed by atoms with Crippen LogP contribution >= 0.6 is 0 Å². The topological polar surface area (TPSA) is 98.0 Å². The summed E-state index contributed by atoms with van der Waals surface area (Å²) in [5.74, 6) is -0.947. The van der Waals surface area contributed by atoms with Crippen LogP contribution in [0.1, 0.15) is 5.56 Å². The number of phenolic OH excluding ortho intramolecular Hbond substituents is 1. The number of aromatic hydroxyl groups is 2. The second-order valence-electron chi connectivity index (χ2n) is 6.49. The third-order valence-electron chi connectivity index (χ3n) is 4.49. The number of aromatic nitrogens is 1. The molecule has 4 rings (SSSR count). The monoisotopic (exact) mass is 389 g/mol. The number of halogens is 1. The van der Waals surface area contributed by atoms with Gasteiger partial charge in [0, 0.05) is 5.39 Å². The van der Waals surface area contributed by atoms with E-state index in [-0.39, 0.29) is 29.6 Å². The zero-order valence-electron chi connectivity index (χ0n) is 15.1. The highest BCUT2D eigenvalue weighted by Crippen LogP contribution is 2.41. The molecule has 0 atom stereocenters. The fourth-order valence-electron chi connectivity index (χ4n) is 3.11. The normalized spacial score (nSPS) is 11.3. The Morgan fingerprint density at radius 1 is 0.966 bits per heavy atom. The number of rotatable bonds is 4. The summed E-state index contributed by atoms with van der Waals surface area (Å²) in [5.41, 5.74) is 2.90. The fraction of sp³-hybridized carbons (Fsp3) is 0.0455. The maximum absolute atomic E-state index is 13.3. The predicted octanol–water partition coefficient (Wildman–Crippen LogP) is 5.24. The van der Waals surface area contributed by atoms with Crippen LogP contribution in [0.2, 0.25) is 0 Å². The number of hydrogen-bond donors (Lipinski definition) is 3. The highest BCUT2D eigenvalue weighted by atomic mass is 19.1. The van der Waals surface area contributed by atoms with Gasteiger partial charge < -0.3 is 15.2 Å². The molecule has 0 saturated heterocycles. The van der Waals surface area contributed by atoms with Crippen molar-refractivity contribution in [3.8, 4) is 22.8 Å². The summed E-state index contributed by atoms with van der Waals surface area (Å²) in [6, 6.07) is 17.6. The number of aromatic amines is 1. The van der Waals surface area contributed by atoms with E-state index in [2.05, 4.69) is 15.2 Å². The maximum atomic E-state index is 13.3. The molecule has 0 saturated carbocycles. The summed E-state index contributed by atoms with van der Waals surface area (Å²) in [4.78, 5) is 15.0. The van der Waals surface area contributed by atoms with Crippen LogP contribution in [0.3, 0.4) is 0 Å². The van der Waals surface area contributed by atoms with Crippen LogP contribution < -0.4 is 0 Å². The lowest BCUT2D eigenvalue weighted by molar-refractivity contribution is -0.117. The number of azo groups is 1. The molecule has 1 amide bonds. The Kier molecular flexibility index (Phi) is 4.78. The number of H-pyrrole nitrogens is 1. The Morgan fingerprint density at radius 2 is 1.69 bits per heavy atom. The molecule has 0 aliphatic rings. The Morgan fingerprint density at radius 3 is 2.41 bits per heavy atom. The SMILES string of the molecule is O=C(Cc1ccc(O)cc1)N=Nc1c(O)[nH]c2cccc(-c3ccc(F)cc3)c12. The molecule has 0 spiro atoms. The number of nitrogens with zero attached hydrogens (tertiary/aromatic N) is 2. The lowest BCUT2D eigenvalue weighted by Gasteiger charge is -2.04. The van der Waals surface area contributed by atoms with Gasteiger partial charge in [0.2, 0.25) is 5.88 Å². The summed E-state index contributed by atoms with van der Waals surface area (Å²) < 4.78 is 13.3. The van der Waals surface area contributed by atoms with Gasteiger partial charge >= 0.3 is 0 Å². The number of fused-ring (bicyclic) bond motifs is 1. The van der Waals surface area contributed by atoms with Gasteiger partial charge in [-0.25, -0.2) is 4.39 Å². The quantitative estimate of drug-likeness (QED) is 0.416. The molecule has 29 heavy (non-hydrogen) atoms. The average Bonchev–Trinajstić information content (AvgIpc) is 3.04. The molecule has 0 bridgehead atoms. The standard InChI is InChI=1S/C22H16FN3O3/c23-15-8-6-14(7-9-15)17-2-1-3-18-20(17)21(22(29)24-18)26-25-19(28)12-13-4-10-16(27)11-5-13/h1-11,24,27,29H,12H2. The number of carbonyl (C=O) groups is 1. The molecule has 0 fully saturated rings. The lowest BCUT2D eigenvalue weighted by Crippen LogP contribution is -1.97. The summed E-state index contributed by atoms with van der Waals surface area (Å²) in [6.45, 7) is 0. The average molecular weight is 389 g/mol. The molecule has 0 aliphatic carbocycles. The van der Waals surface area contributed by atoms with E-state index < -0.39 is 5.91 Å². The summed E-state index contributed by atoms with van der Waals surface area (Å²) >= 11 is 0. The number of nitrogens with one attached hydrogen (secondary N) is 1. The first kappa shape index (κ1) is 18.4. The van der Waals surface area contributed by atoms with Gasteiger partial charge in [0.1, 0.15) is 11.6 Å². The first-order valence-electron chi connectivity index (χ1n) is 8.83. The van der Waals surface area contributed by atoms with Crippen LogP contribution in [0.4, 0.5) is 10.1 Å². The van der Waals surface area contributed by atoms with Crippen LogP contribution in [0, 0.1) is 5.82 Å². The van der Waals surface area contributed by atoms with E-state index in [9.17, 15) is 19.4 Å².